The predicted molar refractivity (Wildman–Crippen MR) is 93.8 cm³/mol. The molecule has 0 aliphatic carbocycles. The fourth-order valence-corrected chi connectivity index (χ4v) is 3.39. The Hall–Kier alpha value is -1.34. The maximum atomic E-state index is 6.60. The lowest BCUT2D eigenvalue weighted by Gasteiger charge is -2.21. The number of rotatable bonds is 7. The van der Waals surface area contributed by atoms with Gasteiger partial charge in [-0.3, -0.25) is 0 Å². The van der Waals surface area contributed by atoms with Gasteiger partial charge in [0.25, 0.3) is 0 Å². The molecule has 21 heavy (non-hydrogen) atoms. The molecule has 1 atom stereocenters. The van der Waals surface area contributed by atoms with Crippen LogP contribution >= 0.6 is 0 Å². The molecule has 0 aromatic heterocycles. The lowest BCUT2D eigenvalue weighted by molar-refractivity contribution is 0.580. The van der Waals surface area contributed by atoms with Crippen LogP contribution in [0.1, 0.15) is 69.2 Å². The Kier molecular flexibility index (Phi) is 5.81. The van der Waals surface area contributed by atoms with E-state index in [1.165, 1.54) is 46.7 Å². The molecule has 0 aliphatic rings. The minimum atomic E-state index is 0.169. The van der Waals surface area contributed by atoms with Crippen molar-refractivity contribution in [2.45, 2.75) is 65.3 Å². The van der Waals surface area contributed by atoms with E-state index in [1.807, 2.05) is 0 Å². The summed E-state index contributed by atoms with van der Waals surface area (Å²) in [5, 5.41) is 2.70. The van der Waals surface area contributed by atoms with E-state index >= 15 is 0 Å². The number of aryl methyl sites for hydroxylation is 1. The van der Waals surface area contributed by atoms with E-state index in [9.17, 15) is 0 Å². The van der Waals surface area contributed by atoms with Gasteiger partial charge in [0.15, 0.2) is 0 Å². The third kappa shape index (κ3) is 3.47. The molecule has 2 rings (SSSR count). The number of hydrogen-bond acceptors (Lipinski definition) is 1. The van der Waals surface area contributed by atoms with Crippen molar-refractivity contribution in [1.82, 2.24) is 0 Å². The summed E-state index contributed by atoms with van der Waals surface area (Å²) in [5.41, 5.74) is 11.0. The van der Waals surface area contributed by atoms with Crippen molar-refractivity contribution in [3.63, 3.8) is 0 Å². The summed E-state index contributed by atoms with van der Waals surface area (Å²) in [6, 6.07) is 11.2. The first-order valence-electron chi connectivity index (χ1n) is 8.51. The van der Waals surface area contributed by atoms with Gasteiger partial charge in [-0.15, -0.1) is 0 Å². The smallest absolute Gasteiger partial charge is 0.0303 e. The van der Waals surface area contributed by atoms with Crippen molar-refractivity contribution in [2.75, 3.05) is 0 Å². The van der Waals surface area contributed by atoms with Gasteiger partial charge in [-0.1, -0.05) is 70.4 Å². The van der Waals surface area contributed by atoms with Crippen LogP contribution in [-0.2, 0) is 12.8 Å². The van der Waals surface area contributed by atoms with Crippen molar-refractivity contribution in [2.24, 2.45) is 5.73 Å². The normalized spacial score (nSPS) is 12.8. The monoisotopic (exact) mass is 283 g/mol. The second kappa shape index (κ2) is 7.61. The van der Waals surface area contributed by atoms with Crippen LogP contribution in [0.15, 0.2) is 30.3 Å². The van der Waals surface area contributed by atoms with Crippen LogP contribution < -0.4 is 5.73 Å². The highest BCUT2D eigenvalue weighted by Crippen LogP contribution is 2.32. The van der Waals surface area contributed by atoms with Crippen molar-refractivity contribution >= 4 is 10.8 Å². The van der Waals surface area contributed by atoms with Crippen LogP contribution in [0.5, 0.6) is 0 Å². The lowest BCUT2D eigenvalue weighted by atomic mass is 9.86. The molecule has 114 valence electrons. The second-order valence-electron chi connectivity index (χ2n) is 5.96. The van der Waals surface area contributed by atoms with E-state index < -0.39 is 0 Å². The summed E-state index contributed by atoms with van der Waals surface area (Å²) in [7, 11) is 0. The molecule has 0 heterocycles. The maximum Gasteiger partial charge on any atom is 0.0303 e. The molecule has 1 heteroatoms. The Bertz CT molecular complexity index is 586. The summed E-state index contributed by atoms with van der Waals surface area (Å²) in [6.07, 6.45) is 7.01. The number of unbranched alkanes of at least 4 members (excludes halogenated alkanes) is 2. The van der Waals surface area contributed by atoms with Crippen LogP contribution in [-0.4, -0.2) is 0 Å². The molecule has 0 radical (unpaired) electrons. The highest BCUT2D eigenvalue weighted by molar-refractivity contribution is 5.88. The molecule has 1 unspecified atom stereocenters. The van der Waals surface area contributed by atoms with E-state index in [0.717, 1.165) is 19.3 Å². The molecule has 0 bridgehead atoms. The number of benzene rings is 2. The molecule has 0 aliphatic heterocycles. The van der Waals surface area contributed by atoms with Gasteiger partial charge in [0.05, 0.1) is 0 Å². The van der Waals surface area contributed by atoms with Gasteiger partial charge >= 0.3 is 0 Å². The molecule has 2 aromatic carbocycles. The van der Waals surface area contributed by atoms with E-state index in [1.54, 1.807) is 0 Å². The molecule has 0 amide bonds. The first-order chi connectivity index (χ1) is 10.2. The minimum absolute atomic E-state index is 0.169. The third-order valence-corrected chi connectivity index (χ3v) is 4.52. The molecule has 0 fully saturated rings. The Labute approximate surface area is 129 Å². The summed E-state index contributed by atoms with van der Waals surface area (Å²) in [6.45, 7) is 6.75. The van der Waals surface area contributed by atoms with Gasteiger partial charge in [-0.25, -0.2) is 0 Å². The van der Waals surface area contributed by atoms with Crippen molar-refractivity contribution in [3.05, 3.63) is 47.0 Å². The first kappa shape index (κ1) is 16.0. The van der Waals surface area contributed by atoms with Crippen molar-refractivity contribution in [3.8, 4) is 0 Å². The van der Waals surface area contributed by atoms with Gasteiger partial charge in [0, 0.05) is 6.04 Å². The highest BCUT2D eigenvalue weighted by Gasteiger charge is 2.16. The van der Waals surface area contributed by atoms with Gasteiger partial charge in [-0.05, 0) is 46.7 Å². The second-order valence-corrected chi connectivity index (χ2v) is 5.96. The van der Waals surface area contributed by atoms with E-state index in [4.69, 9.17) is 5.73 Å². The predicted octanol–water partition coefficient (Wildman–Crippen LogP) is 5.54. The average molecular weight is 283 g/mol. The van der Waals surface area contributed by atoms with Crippen LogP contribution in [0, 0.1) is 0 Å². The van der Waals surface area contributed by atoms with Crippen LogP contribution in [0.25, 0.3) is 10.8 Å². The fourth-order valence-electron chi connectivity index (χ4n) is 3.39. The standard InChI is InChI=1S/C20H29N/c1-4-7-8-13-19(21)20-17(6-3)15(5-2)14-16-11-9-10-12-18(16)20/h9-12,14,19H,4-8,13,21H2,1-3H3. The van der Waals surface area contributed by atoms with Crippen molar-refractivity contribution < 1.29 is 0 Å². The zero-order chi connectivity index (χ0) is 15.2. The quantitative estimate of drug-likeness (QED) is 0.663. The summed E-state index contributed by atoms with van der Waals surface area (Å²) < 4.78 is 0. The largest absolute Gasteiger partial charge is 0.324 e. The van der Waals surface area contributed by atoms with Crippen LogP contribution in [0.3, 0.4) is 0 Å². The molecule has 1 nitrogen and oxygen atoms in total. The third-order valence-electron chi connectivity index (χ3n) is 4.52. The fraction of sp³-hybridized carbons (Fsp3) is 0.500. The molecular formula is C20H29N. The molecular weight excluding hydrogens is 254 g/mol. The highest BCUT2D eigenvalue weighted by atomic mass is 14.6. The van der Waals surface area contributed by atoms with E-state index in [-0.39, 0.29) is 6.04 Å². The molecule has 0 spiro atoms. The van der Waals surface area contributed by atoms with Gasteiger partial charge < -0.3 is 5.73 Å². The van der Waals surface area contributed by atoms with Gasteiger partial charge in [0.2, 0.25) is 0 Å². The number of fused-ring (bicyclic) bond motifs is 1. The summed E-state index contributed by atoms with van der Waals surface area (Å²) in [4.78, 5) is 0. The molecule has 2 N–H and O–H groups in total. The zero-order valence-corrected chi connectivity index (χ0v) is 13.8. The SMILES string of the molecule is CCCCCC(N)c1c(CC)c(CC)cc2ccccc12. The average Bonchev–Trinajstić information content (AvgIpc) is 2.52. The minimum Gasteiger partial charge on any atom is -0.324 e. The van der Waals surface area contributed by atoms with Crippen LogP contribution in [0.4, 0.5) is 0 Å². The van der Waals surface area contributed by atoms with Crippen LogP contribution in [0.2, 0.25) is 0 Å². The van der Waals surface area contributed by atoms with Gasteiger partial charge in [-0.2, -0.15) is 0 Å². The number of nitrogens with two attached hydrogens (primary N) is 1. The molecule has 2 aromatic rings. The Morgan fingerprint density at radius 1 is 1.00 bits per heavy atom. The number of hydrogen-bond donors (Lipinski definition) is 1. The topological polar surface area (TPSA) is 26.0 Å². The molecule has 0 saturated carbocycles. The maximum absolute atomic E-state index is 6.60. The van der Waals surface area contributed by atoms with Crippen molar-refractivity contribution in [1.29, 1.82) is 0 Å². The van der Waals surface area contributed by atoms with Gasteiger partial charge in [0.1, 0.15) is 0 Å². The van der Waals surface area contributed by atoms with E-state index in [0.29, 0.717) is 0 Å². The van der Waals surface area contributed by atoms with E-state index in [2.05, 4.69) is 51.1 Å². The Balaban J connectivity index is 2.51. The summed E-state index contributed by atoms with van der Waals surface area (Å²) >= 11 is 0. The summed E-state index contributed by atoms with van der Waals surface area (Å²) in [5.74, 6) is 0. The molecule has 0 saturated heterocycles. The first-order valence-corrected chi connectivity index (χ1v) is 8.51. The Morgan fingerprint density at radius 2 is 1.76 bits per heavy atom. The zero-order valence-electron chi connectivity index (χ0n) is 13.8. The lowest BCUT2D eigenvalue weighted by Crippen LogP contribution is -2.14. The Morgan fingerprint density at radius 3 is 2.43 bits per heavy atom.